The molecule has 0 amide bonds. The number of imidazole rings is 1. The maximum atomic E-state index is 2.58. The van der Waals surface area contributed by atoms with E-state index in [9.17, 15) is 0 Å². The van der Waals surface area contributed by atoms with Crippen LogP contribution in [-0.2, 0) is 19.5 Å². The highest BCUT2D eigenvalue weighted by Gasteiger charge is 2.25. The molecule has 198 valence electrons. The minimum Gasteiger partial charge on any atom is -1.00 e. The van der Waals surface area contributed by atoms with Gasteiger partial charge >= 0.3 is 0 Å². The lowest BCUT2D eigenvalue weighted by atomic mass is 10.1. The minimum atomic E-state index is 0. The first-order chi connectivity index (χ1) is 18.8. The van der Waals surface area contributed by atoms with Crippen LogP contribution in [-0.4, -0.2) is 4.57 Å². The van der Waals surface area contributed by atoms with Gasteiger partial charge in [0, 0.05) is 6.42 Å². The topological polar surface area (TPSA) is 8.81 Å². The third-order valence-corrected chi connectivity index (χ3v) is 7.90. The monoisotopic (exact) mass is 576 g/mol. The zero-order chi connectivity index (χ0) is 25.7. The number of nitrogens with zero attached hydrogens (tertiary/aromatic N) is 2. The first-order valence-corrected chi connectivity index (χ1v) is 14.3. The molecule has 6 aromatic rings. The standard InChI is InChI=1S/C36H37N2.BrH/c1-2-3-4-5-6-19-36-37(26-28-20-22-30-13-7-9-15-32(30)24-28)34-17-11-12-18-35(34)38(36)27-29-21-23-31-14-8-10-16-33(31)25-29;/h7-18,20-25H,2-6,19,26-27H2,1H3;1H/q+1;/p-1. The van der Waals surface area contributed by atoms with E-state index in [0.717, 1.165) is 19.5 Å². The van der Waals surface area contributed by atoms with E-state index in [0.29, 0.717) is 0 Å². The van der Waals surface area contributed by atoms with Gasteiger partial charge in [-0.25, -0.2) is 9.13 Å². The molecule has 1 aromatic heterocycles. The summed E-state index contributed by atoms with van der Waals surface area (Å²) >= 11 is 0. The molecule has 0 spiro atoms. The number of aromatic nitrogens is 2. The van der Waals surface area contributed by atoms with E-state index in [1.807, 2.05) is 0 Å². The molecule has 0 unspecified atom stereocenters. The molecule has 1 heterocycles. The number of unbranched alkanes of at least 4 members (excludes halogenated alkanes) is 4. The lowest BCUT2D eigenvalue weighted by molar-refractivity contribution is -0.671. The largest absolute Gasteiger partial charge is 1.00 e. The van der Waals surface area contributed by atoms with Gasteiger partial charge in [0.1, 0.15) is 13.1 Å². The molecule has 2 nitrogen and oxygen atoms in total. The Bertz CT molecular complexity index is 1580. The average molecular weight is 578 g/mol. The van der Waals surface area contributed by atoms with Gasteiger partial charge in [-0.1, -0.05) is 118 Å². The Balaban J connectivity index is 0.00000308. The van der Waals surface area contributed by atoms with Crippen LogP contribution in [0.3, 0.4) is 0 Å². The van der Waals surface area contributed by atoms with E-state index in [1.165, 1.54) is 81.6 Å². The molecule has 5 aromatic carbocycles. The van der Waals surface area contributed by atoms with Crippen LogP contribution in [0.5, 0.6) is 0 Å². The average Bonchev–Trinajstić information content (AvgIpc) is 3.24. The summed E-state index contributed by atoms with van der Waals surface area (Å²) in [5.41, 5.74) is 5.36. The zero-order valence-electron chi connectivity index (χ0n) is 22.8. The molecule has 3 heteroatoms. The molecule has 0 N–H and O–H groups in total. The Morgan fingerprint density at radius 3 is 1.90 bits per heavy atom. The fraction of sp³-hybridized carbons (Fsp3) is 0.250. The maximum absolute atomic E-state index is 2.58. The zero-order valence-corrected chi connectivity index (χ0v) is 24.4. The van der Waals surface area contributed by atoms with Gasteiger partial charge in [-0.3, -0.25) is 0 Å². The van der Waals surface area contributed by atoms with Gasteiger partial charge in [0.25, 0.3) is 5.82 Å². The molecule has 0 atom stereocenters. The summed E-state index contributed by atoms with van der Waals surface area (Å²) in [4.78, 5) is 0. The molecule has 0 saturated heterocycles. The van der Waals surface area contributed by atoms with Crippen LogP contribution >= 0.6 is 0 Å². The van der Waals surface area contributed by atoms with Crippen LogP contribution in [0.25, 0.3) is 32.6 Å². The lowest BCUT2D eigenvalue weighted by Gasteiger charge is -2.08. The number of fused-ring (bicyclic) bond motifs is 3. The van der Waals surface area contributed by atoms with E-state index >= 15 is 0 Å². The van der Waals surface area contributed by atoms with Crippen molar-refractivity contribution in [2.45, 2.75) is 58.5 Å². The molecule has 0 aliphatic heterocycles. The summed E-state index contributed by atoms with van der Waals surface area (Å²) in [6.07, 6.45) is 7.56. The lowest BCUT2D eigenvalue weighted by Crippen LogP contribution is -3.00. The van der Waals surface area contributed by atoms with Crippen molar-refractivity contribution in [3.8, 4) is 0 Å². The third-order valence-electron chi connectivity index (χ3n) is 7.90. The summed E-state index contributed by atoms with van der Waals surface area (Å²) in [5, 5.41) is 5.23. The number of rotatable bonds is 10. The van der Waals surface area contributed by atoms with Crippen LogP contribution in [0.15, 0.2) is 109 Å². The third kappa shape index (κ3) is 5.94. The number of hydrogen-bond donors (Lipinski definition) is 0. The summed E-state index contributed by atoms with van der Waals surface area (Å²) in [6, 6.07) is 40.2. The van der Waals surface area contributed by atoms with Crippen LogP contribution < -0.4 is 21.5 Å². The van der Waals surface area contributed by atoms with Gasteiger partial charge in [-0.15, -0.1) is 0 Å². The molecule has 0 bridgehead atoms. The molecular weight excluding hydrogens is 540 g/mol. The highest BCUT2D eigenvalue weighted by atomic mass is 79.9. The molecule has 0 aliphatic carbocycles. The van der Waals surface area contributed by atoms with Crippen molar-refractivity contribution < 1.29 is 21.5 Å². The van der Waals surface area contributed by atoms with Crippen molar-refractivity contribution in [3.05, 3.63) is 126 Å². The van der Waals surface area contributed by atoms with E-state index in [2.05, 4.69) is 125 Å². The van der Waals surface area contributed by atoms with Crippen LogP contribution in [0.4, 0.5) is 0 Å². The van der Waals surface area contributed by atoms with Gasteiger partial charge in [-0.2, -0.15) is 0 Å². The summed E-state index contributed by atoms with van der Waals surface area (Å²) in [7, 11) is 0. The number of para-hydroxylation sites is 2. The maximum Gasteiger partial charge on any atom is 0.257 e. The predicted octanol–water partition coefficient (Wildman–Crippen LogP) is 5.85. The van der Waals surface area contributed by atoms with E-state index in [-0.39, 0.29) is 17.0 Å². The Kier molecular flexibility index (Phi) is 8.78. The van der Waals surface area contributed by atoms with Crippen LogP contribution in [0.1, 0.15) is 56.0 Å². The molecule has 6 rings (SSSR count). The van der Waals surface area contributed by atoms with Crippen LogP contribution in [0.2, 0.25) is 0 Å². The fourth-order valence-electron chi connectivity index (χ4n) is 5.89. The van der Waals surface area contributed by atoms with Crippen molar-refractivity contribution in [1.82, 2.24) is 4.57 Å². The second-order valence-electron chi connectivity index (χ2n) is 10.6. The first-order valence-electron chi connectivity index (χ1n) is 14.3. The molecule has 0 radical (unpaired) electrons. The summed E-state index contributed by atoms with van der Waals surface area (Å²) in [5.74, 6) is 1.43. The van der Waals surface area contributed by atoms with E-state index in [1.54, 1.807) is 0 Å². The van der Waals surface area contributed by atoms with Gasteiger partial charge in [0.2, 0.25) is 0 Å². The smallest absolute Gasteiger partial charge is 0.257 e. The Hall–Kier alpha value is -3.43. The number of hydrogen-bond acceptors (Lipinski definition) is 0. The number of benzene rings is 5. The van der Waals surface area contributed by atoms with Crippen molar-refractivity contribution in [2.24, 2.45) is 0 Å². The van der Waals surface area contributed by atoms with Crippen molar-refractivity contribution in [2.75, 3.05) is 0 Å². The van der Waals surface area contributed by atoms with Gasteiger partial charge in [0.05, 0.1) is 0 Å². The van der Waals surface area contributed by atoms with Crippen molar-refractivity contribution in [3.63, 3.8) is 0 Å². The predicted molar refractivity (Wildman–Crippen MR) is 161 cm³/mol. The van der Waals surface area contributed by atoms with Gasteiger partial charge in [0.15, 0.2) is 11.0 Å². The summed E-state index contributed by atoms with van der Waals surface area (Å²) in [6.45, 7) is 4.07. The molecule has 0 aliphatic rings. The quantitative estimate of drug-likeness (QED) is 0.143. The highest BCUT2D eigenvalue weighted by molar-refractivity contribution is 5.84. The second-order valence-corrected chi connectivity index (χ2v) is 10.6. The Labute approximate surface area is 242 Å². The summed E-state index contributed by atoms with van der Waals surface area (Å²) < 4.78 is 5.17. The van der Waals surface area contributed by atoms with Gasteiger partial charge < -0.3 is 17.0 Å². The second kappa shape index (κ2) is 12.6. The fourth-order valence-corrected chi connectivity index (χ4v) is 5.89. The number of halogens is 1. The first kappa shape index (κ1) is 27.1. The molecule has 0 saturated carbocycles. The van der Waals surface area contributed by atoms with Crippen molar-refractivity contribution in [1.29, 1.82) is 0 Å². The Morgan fingerprint density at radius 1 is 0.590 bits per heavy atom. The van der Waals surface area contributed by atoms with E-state index in [4.69, 9.17) is 0 Å². The SMILES string of the molecule is CCCCCCCc1n(Cc2ccc3ccccc3c2)c2ccccc2[n+]1Cc1ccc2ccccc2c1.[Br-]. The highest BCUT2D eigenvalue weighted by Crippen LogP contribution is 2.23. The minimum absolute atomic E-state index is 0. The molecule has 0 fully saturated rings. The normalized spacial score (nSPS) is 11.3. The van der Waals surface area contributed by atoms with Crippen molar-refractivity contribution >= 4 is 32.6 Å². The van der Waals surface area contributed by atoms with E-state index < -0.39 is 0 Å². The van der Waals surface area contributed by atoms with Crippen LogP contribution in [0, 0.1) is 0 Å². The molecular formula is C36H37BrN2. The Morgan fingerprint density at radius 2 is 1.18 bits per heavy atom. The van der Waals surface area contributed by atoms with Gasteiger partial charge in [-0.05, 0) is 63.4 Å². The molecule has 39 heavy (non-hydrogen) atoms.